The van der Waals surface area contributed by atoms with E-state index in [0.717, 1.165) is 0 Å². The molecule has 3 heteroatoms. The summed E-state index contributed by atoms with van der Waals surface area (Å²) in [7, 11) is 0. The Morgan fingerprint density at radius 2 is 2.14 bits per heavy atom. The van der Waals surface area contributed by atoms with Crippen molar-refractivity contribution in [1.82, 2.24) is 0 Å². The van der Waals surface area contributed by atoms with Crippen LogP contribution in [0.2, 0.25) is 0 Å². The summed E-state index contributed by atoms with van der Waals surface area (Å²) in [4.78, 5) is 11.5. The van der Waals surface area contributed by atoms with Crippen LogP contribution < -0.4 is 0 Å². The third-order valence-corrected chi connectivity index (χ3v) is 2.51. The van der Waals surface area contributed by atoms with E-state index in [0.29, 0.717) is 5.56 Å². The van der Waals surface area contributed by atoms with E-state index in [-0.39, 0.29) is 11.5 Å². The molecule has 1 rings (SSSR count). The summed E-state index contributed by atoms with van der Waals surface area (Å²) in [5, 5.41) is 13.3. The molecule has 0 saturated heterocycles. The lowest BCUT2D eigenvalue weighted by molar-refractivity contribution is -0.121. The molecule has 1 aromatic heterocycles. The van der Waals surface area contributed by atoms with Gasteiger partial charge in [-0.25, -0.2) is 0 Å². The maximum atomic E-state index is 11.5. The van der Waals surface area contributed by atoms with Crippen molar-refractivity contribution in [3.63, 3.8) is 0 Å². The first-order chi connectivity index (χ1) is 6.41. The summed E-state index contributed by atoms with van der Waals surface area (Å²) in [6.45, 7) is 5.48. The van der Waals surface area contributed by atoms with Crippen LogP contribution in [-0.4, -0.2) is 10.9 Å². The Morgan fingerprint density at radius 3 is 2.57 bits per heavy atom. The fourth-order valence-corrected chi connectivity index (χ4v) is 1.48. The van der Waals surface area contributed by atoms with Gasteiger partial charge < -0.3 is 5.11 Å². The Hall–Kier alpha value is -1.09. The molecule has 0 atom stereocenters. The van der Waals surface area contributed by atoms with Crippen molar-refractivity contribution >= 4 is 22.9 Å². The molecular weight excluding hydrogens is 196 g/mol. The number of allylic oxidation sites excluding steroid dienone is 1. The number of hydrogen-bond acceptors (Lipinski definition) is 3. The van der Waals surface area contributed by atoms with Gasteiger partial charge in [0.25, 0.3) is 0 Å². The molecule has 14 heavy (non-hydrogen) atoms. The van der Waals surface area contributed by atoms with E-state index < -0.39 is 5.41 Å². The van der Waals surface area contributed by atoms with Gasteiger partial charge in [-0.3, -0.25) is 4.79 Å². The molecular formula is C11H14O2S. The fraction of sp³-hybridized carbons (Fsp3) is 0.364. The first-order valence-corrected chi connectivity index (χ1v) is 5.33. The molecule has 0 aliphatic heterocycles. The maximum Gasteiger partial charge on any atom is 0.164 e. The first kappa shape index (κ1) is 11.0. The van der Waals surface area contributed by atoms with Crippen molar-refractivity contribution in [1.29, 1.82) is 0 Å². The first-order valence-electron chi connectivity index (χ1n) is 4.39. The SMILES string of the molecule is CC(C)(C)C(=O)/C=C(\O)c1ccsc1. The van der Waals surface area contributed by atoms with Gasteiger partial charge in [-0.1, -0.05) is 20.8 Å². The molecule has 1 heterocycles. The van der Waals surface area contributed by atoms with Gasteiger partial charge in [0.1, 0.15) is 5.76 Å². The summed E-state index contributed by atoms with van der Waals surface area (Å²) in [5.74, 6) is -0.0209. The van der Waals surface area contributed by atoms with Crippen molar-refractivity contribution in [2.45, 2.75) is 20.8 Å². The number of rotatable bonds is 2. The van der Waals surface area contributed by atoms with Crippen LogP contribution in [0.4, 0.5) is 0 Å². The molecule has 76 valence electrons. The minimum atomic E-state index is -0.440. The second kappa shape index (κ2) is 3.96. The Balaban J connectivity index is 2.85. The van der Waals surface area contributed by atoms with Gasteiger partial charge in [0.2, 0.25) is 0 Å². The molecule has 0 spiro atoms. The van der Waals surface area contributed by atoms with Gasteiger partial charge >= 0.3 is 0 Å². The zero-order chi connectivity index (χ0) is 10.8. The highest BCUT2D eigenvalue weighted by atomic mass is 32.1. The Kier molecular flexibility index (Phi) is 3.11. The average molecular weight is 210 g/mol. The quantitative estimate of drug-likeness (QED) is 0.601. The van der Waals surface area contributed by atoms with Gasteiger partial charge in [0.15, 0.2) is 5.78 Å². The summed E-state index contributed by atoms with van der Waals surface area (Å²) < 4.78 is 0. The minimum Gasteiger partial charge on any atom is -0.507 e. The van der Waals surface area contributed by atoms with Crippen molar-refractivity contribution < 1.29 is 9.90 Å². The Morgan fingerprint density at radius 1 is 1.50 bits per heavy atom. The predicted molar refractivity (Wildman–Crippen MR) is 59.4 cm³/mol. The number of carbonyl (C=O) groups excluding carboxylic acids is 1. The number of ketones is 1. The minimum absolute atomic E-state index is 0.0474. The predicted octanol–water partition coefficient (Wildman–Crippen LogP) is 3.26. The van der Waals surface area contributed by atoms with Crippen LogP contribution in [-0.2, 0) is 4.79 Å². The van der Waals surface area contributed by atoms with Crippen LogP contribution in [0.1, 0.15) is 26.3 Å². The van der Waals surface area contributed by atoms with Gasteiger partial charge in [0, 0.05) is 22.4 Å². The number of hydrogen-bond donors (Lipinski definition) is 1. The van der Waals surface area contributed by atoms with E-state index in [1.807, 2.05) is 31.5 Å². The van der Waals surface area contributed by atoms with Gasteiger partial charge in [-0.2, -0.15) is 11.3 Å². The van der Waals surface area contributed by atoms with Crippen molar-refractivity contribution in [3.8, 4) is 0 Å². The van der Waals surface area contributed by atoms with Crippen LogP contribution in [0, 0.1) is 5.41 Å². The topological polar surface area (TPSA) is 37.3 Å². The highest BCUT2D eigenvalue weighted by Crippen LogP contribution is 2.20. The molecule has 0 fully saturated rings. The van der Waals surface area contributed by atoms with Crippen LogP contribution in [0.25, 0.3) is 5.76 Å². The van der Waals surface area contributed by atoms with E-state index in [2.05, 4.69) is 0 Å². The van der Waals surface area contributed by atoms with E-state index in [1.54, 1.807) is 6.07 Å². The summed E-state index contributed by atoms with van der Waals surface area (Å²) in [5.41, 5.74) is 0.261. The lowest BCUT2D eigenvalue weighted by Gasteiger charge is -2.13. The number of aliphatic hydroxyl groups excluding tert-OH is 1. The smallest absolute Gasteiger partial charge is 0.164 e. The zero-order valence-electron chi connectivity index (χ0n) is 8.57. The van der Waals surface area contributed by atoms with Gasteiger partial charge in [0.05, 0.1) is 0 Å². The molecule has 0 radical (unpaired) electrons. The standard InChI is InChI=1S/C11H14O2S/c1-11(2,3)10(13)6-9(12)8-4-5-14-7-8/h4-7,12H,1-3H3/b9-6-. The summed E-state index contributed by atoms with van der Waals surface area (Å²) in [6, 6.07) is 1.78. The second-order valence-corrected chi connectivity index (χ2v) is 4.94. The normalized spacial score (nSPS) is 12.9. The third kappa shape index (κ3) is 2.70. The van der Waals surface area contributed by atoms with E-state index in [4.69, 9.17) is 0 Å². The Bertz CT molecular complexity index is 342. The molecule has 2 nitrogen and oxygen atoms in total. The van der Waals surface area contributed by atoms with Crippen molar-refractivity contribution in [2.24, 2.45) is 5.41 Å². The molecule has 0 aromatic carbocycles. The van der Waals surface area contributed by atoms with Gasteiger partial charge in [-0.05, 0) is 11.4 Å². The van der Waals surface area contributed by atoms with Crippen molar-refractivity contribution in [3.05, 3.63) is 28.5 Å². The van der Waals surface area contributed by atoms with Crippen LogP contribution in [0.3, 0.4) is 0 Å². The molecule has 0 bridgehead atoms. The van der Waals surface area contributed by atoms with Crippen LogP contribution in [0.15, 0.2) is 22.9 Å². The van der Waals surface area contributed by atoms with Crippen LogP contribution in [0.5, 0.6) is 0 Å². The molecule has 1 N–H and O–H groups in total. The van der Waals surface area contributed by atoms with E-state index in [9.17, 15) is 9.90 Å². The van der Waals surface area contributed by atoms with E-state index >= 15 is 0 Å². The van der Waals surface area contributed by atoms with Crippen molar-refractivity contribution in [2.75, 3.05) is 0 Å². The second-order valence-electron chi connectivity index (χ2n) is 4.16. The summed E-state index contributed by atoms with van der Waals surface area (Å²) in [6.07, 6.45) is 1.29. The molecule has 1 aromatic rings. The highest BCUT2D eigenvalue weighted by Gasteiger charge is 2.19. The molecule has 0 aliphatic rings. The lowest BCUT2D eigenvalue weighted by atomic mass is 9.90. The number of thiophene rings is 1. The third-order valence-electron chi connectivity index (χ3n) is 1.82. The van der Waals surface area contributed by atoms with E-state index in [1.165, 1.54) is 17.4 Å². The van der Waals surface area contributed by atoms with Gasteiger partial charge in [-0.15, -0.1) is 0 Å². The van der Waals surface area contributed by atoms with Crippen LogP contribution >= 0.6 is 11.3 Å². The highest BCUT2D eigenvalue weighted by molar-refractivity contribution is 7.08. The fourth-order valence-electron chi connectivity index (χ4n) is 0.834. The average Bonchev–Trinajstić information content (AvgIpc) is 2.53. The number of carbonyl (C=O) groups is 1. The zero-order valence-corrected chi connectivity index (χ0v) is 9.39. The molecule has 0 amide bonds. The Labute approximate surface area is 87.9 Å². The lowest BCUT2D eigenvalue weighted by Crippen LogP contribution is -2.17. The molecule has 0 aliphatic carbocycles. The molecule has 0 saturated carbocycles. The monoisotopic (exact) mass is 210 g/mol. The number of aliphatic hydroxyl groups is 1. The largest absolute Gasteiger partial charge is 0.507 e. The maximum absolute atomic E-state index is 11.5. The summed E-state index contributed by atoms with van der Waals surface area (Å²) >= 11 is 1.49. The molecule has 0 unspecified atom stereocenters.